The van der Waals surface area contributed by atoms with Gasteiger partial charge in [0.15, 0.2) is 0 Å². The Hall–Kier alpha value is -1.38. The lowest BCUT2D eigenvalue weighted by atomic mass is 9.89. The Morgan fingerprint density at radius 1 is 1.28 bits per heavy atom. The van der Waals surface area contributed by atoms with Crippen molar-refractivity contribution in [2.45, 2.75) is 58.4 Å². The van der Waals surface area contributed by atoms with Gasteiger partial charge >= 0.3 is 0 Å². The predicted molar refractivity (Wildman–Crippen MR) is 78.6 cm³/mol. The van der Waals surface area contributed by atoms with Gasteiger partial charge in [-0.25, -0.2) is 5.01 Å². The van der Waals surface area contributed by atoms with Crippen LogP contribution in [0.5, 0.6) is 0 Å². The third kappa shape index (κ3) is 4.86. The number of amides is 1. The first-order valence-electron chi connectivity index (χ1n) is 6.67. The molecule has 0 aliphatic carbocycles. The largest absolute Gasteiger partial charge is 0.268 e. The van der Waals surface area contributed by atoms with Crippen molar-refractivity contribution in [1.82, 2.24) is 5.01 Å². The molecular weight excluding hydrogens is 224 g/mol. The molecule has 0 fully saturated rings. The molecule has 0 aromatic rings. The maximum atomic E-state index is 12.0. The van der Waals surface area contributed by atoms with E-state index in [4.69, 9.17) is 0 Å². The summed E-state index contributed by atoms with van der Waals surface area (Å²) in [7, 11) is 0. The summed E-state index contributed by atoms with van der Waals surface area (Å²) in [6, 6.07) is 0. The minimum atomic E-state index is -0.241. The van der Waals surface area contributed by atoms with E-state index in [1.54, 1.807) is 17.3 Å². The number of hydrazone groups is 1. The molecule has 1 amide bonds. The third-order valence-electron chi connectivity index (χ3n) is 3.04. The van der Waals surface area contributed by atoms with Crippen molar-refractivity contribution < 1.29 is 4.79 Å². The van der Waals surface area contributed by atoms with E-state index in [9.17, 15) is 4.79 Å². The summed E-state index contributed by atoms with van der Waals surface area (Å²) in [6.07, 6.45) is 9.55. The Bertz CT molecular complexity index is 310. The first-order chi connectivity index (χ1) is 8.55. The van der Waals surface area contributed by atoms with Crippen molar-refractivity contribution in [2.24, 2.45) is 5.10 Å². The van der Waals surface area contributed by atoms with Crippen LogP contribution in [0.25, 0.3) is 0 Å². The Morgan fingerprint density at radius 2 is 1.94 bits per heavy atom. The maximum Gasteiger partial charge on any atom is 0.266 e. The minimum Gasteiger partial charge on any atom is -0.268 e. The van der Waals surface area contributed by atoms with Crippen LogP contribution in [0.1, 0.15) is 52.9 Å². The second-order valence-electron chi connectivity index (χ2n) is 4.70. The van der Waals surface area contributed by atoms with Crippen LogP contribution in [0.15, 0.2) is 30.4 Å². The molecule has 1 atom stereocenters. The fraction of sp³-hybridized carbons (Fsp3) is 0.600. The lowest BCUT2D eigenvalue weighted by Crippen LogP contribution is -2.46. The van der Waals surface area contributed by atoms with Gasteiger partial charge in [-0.05, 0) is 31.9 Å². The number of carbonyl (C=O) groups is 1. The van der Waals surface area contributed by atoms with Gasteiger partial charge in [0.25, 0.3) is 5.91 Å². The number of unbranched alkanes of at least 4 members (excludes halogenated alkanes) is 1. The van der Waals surface area contributed by atoms with Crippen molar-refractivity contribution in [3.05, 3.63) is 25.3 Å². The van der Waals surface area contributed by atoms with Gasteiger partial charge in [-0.2, -0.15) is 5.10 Å². The quantitative estimate of drug-likeness (QED) is 0.347. The second-order valence-corrected chi connectivity index (χ2v) is 4.70. The molecule has 102 valence electrons. The average Bonchev–Trinajstić information content (AvgIpc) is 2.36. The number of hydrogen-bond acceptors (Lipinski definition) is 2. The third-order valence-corrected chi connectivity index (χ3v) is 3.04. The van der Waals surface area contributed by atoms with E-state index in [-0.39, 0.29) is 11.4 Å². The fourth-order valence-electron chi connectivity index (χ4n) is 2.10. The van der Waals surface area contributed by atoms with E-state index in [1.165, 1.54) is 6.08 Å². The zero-order valence-corrected chi connectivity index (χ0v) is 12.0. The van der Waals surface area contributed by atoms with Crippen molar-refractivity contribution >= 4 is 12.1 Å². The monoisotopic (exact) mass is 250 g/mol. The maximum absolute atomic E-state index is 12.0. The molecule has 0 radical (unpaired) electrons. The highest BCUT2D eigenvalue weighted by molar-refractivity contribution is 5.88. The van der Waals surface area contributed by atoms with E-state index < -0.39 is 0 Å². The summed E-state index contributed by atoms with van der Waals surface area (Å²) < 4.78 is 0. The Balaban J connectivity index is 5.17. The van der Waals surface area contributed by atoms with Crippen molar-refractivity contribution in [3.8, 4) is 0 Å². The molecular formula is C15H26N2O. The molecule has 18 heavy (non-hydrogen) atoms. The molecule has 3 nitrogen and oxygen atoms in total. The normalized spacial score (nSPS) is 14.2. The molecule has 0 rings (SSSR count). The average molecular weight is 250 g/mol. The SMILES string of the molecule is C=C/C=N\N(C(=O)C=C)C(C)(CCC)CCCC. The van der Waals surface area contributed by atoms with Crippen molar-refractivity contribution in [3.63, 3.8) is 0 Å². The Kier molecular flexibility index (Phi) is 8.01. The minimum absolute atomic E-state index is 0.153. The van der Waals surface area contributed by atoms with Crippen LogP contribution in [0.3, 0.4) is 0 Å². The summed E-state index contributed by atoms with van der Waals surface area (Å²) >= 11 is 0. The van der Waals surface area contributed by atoms with Crippen LogP contribution < -0.4 is 0 Å². The highest BCUT2D eigenvalue weighted by atomic mass is 16.2. The van der Waals surface area contributed by atoms with Crippen LogP contribution in [0.2, 0.25) is 0 Å². The van der Waals surface area contributed by atoms with Gasteiger partial charge in [0, 0.05) is 6.21 Å². The summed E-state index contributed by atoms with van der Waals surface area (Å²) in [6.45, 7) is 13.5. The molecule has 0 aliphatic rings. The van der Waals surface area contributed by atoms with E-state index >= 15 is 0 Å². The number of rotatable bonds is 9. The first-order valence-corrected chi connectivity index (χ1v) is 6.67. The topological polar surface area (TPSA) is 32.7 Å². The van der Waals surface area contributed by atoms with Gasteiger partial charge in [0.05, 0.1) is 5.54 Å². The number of carbonyl (C=O) groups excluding carboxylic acids is 1. The van der Waals surface area contributed by atoms with Gasteiger partial charge in [0.2, 0.25) is 0 Å². The number of hydrogen-bond donors (Lipinski definition) is 0. The highest BCUT2D eigenvalue weighted by Crippen LogP contribution is 2.28. The fourth-order valence-corrected chi connectivity index (χ4v) is 2.10. The van der Waals surface area contributed by atoms with Gasteiger partial charge in [-0.1, -0.05) is 46.3 Å². The van der Waals surface area contributed by atoms with Gasteiger partial charge in [-0.3, -0.25) is 4.79 Å². The van der Waals surface area contributed by atoms with Gasteiger partial charge < -0.3 is 0 Å². The Labute approximate surface area is 111 Å². The van der Waals surface area contributed by atoms with Crippen LogP contribution in [-0.4, -0.2) is 22.7 Å². The molecule has 1 unspecified atom stereocenters. The van der Waals surface area contributed by atoms with Crippen LogP contribution >= 0.6 is 0 Å². The molecule has 0 saturated carbocycles. The molecule has 3 heteroatoms. The van der Waals surface area contributed by atoms with Gasteiger partial charge in [0.1, 0.15) is 0 Å². The van der Waals surface area contributed by atoms with E-state index in [0.29, 0.717) is 0 Å². The first kappa shape index (κ1) is 16.6. The summed E-state index contributed by atoms with van der Waals surface area (Å²) in [5.41, 5.74) is -0.241. The smallest absolute Gasteiger partial charge is 0.266 e. The summed E-state index contributed by atoms with van der Waals surface area (Å²) in [4.78, 5) is 12.0. The van der Waals surface area contributed by atoms with Crippen LogP contribution in [-0.2, 0) is 4.79 Å². The van der Waals surface area contributed by atoms with Crippen LogP contribution in [0, 0.1) is 0 Å². The van der Waals surface area contributed by atoms with E-state index in [2.05, 4.69) is 39.0 Å². The number of nitrogens with zero attached hydrogens (tertiary/aromatic N) is 2. The molecule has 0 heterocycles. The molecule has 0 aromatic heterocycles. The molecule has 0 bridgehead atoms. The molecule has 0 saturated heterocycles. The van der Waals surface area contributed by atoms with E-state index in [0.717, 1.165) is 32.1 Å². The molecule has 0 spiro atoms. The summed E-state index contributed by atoms with van der Waals surface area (Å²) in [5.74, 6) is -0.153. The Morgan fingerprint density at radius 3 is 2.39 bits per heavy atom. The van der Waals surface area contributed by atoms with Crippen LogP contribution in [0.4, 0.5) is 0 Å². The standard InChI is InChI=1S/C15H26N2O/c1-6-10-12-15(5,11-7-2)17(14(18)9-4)16-13-8-3/h8-9,13H,3-4,6-7,10-12H2,1-2,5H3/b16-13-. The number of allylic oxidation sites excluding steroid dienone is 1. The second kappa shape index (κ2) is 8.67. The summed E-state index contributed by atoms with van der Waals surface area (Å²) in [5, 5.41) is 5.78. The lowest BCUT2D eigenvalue weighted by molar-refractivity contribution is -0.132. The molecule has 0 N–H and O–H groups in total. The highest BCUT2D eigenvalue weighted by Gasteiger charge is 2.33. The van der Waals surface area contributed by atoms with Gasteiger partial charge in [-0.15, -0.1) is 0 Å². The molecule has 0 aliphatic heterocycles. The molecule has 0 aromatic carbocycles. The lowest BCUT2D eigenvalue weighted by Gasteiger charge is -2.37. The zero-order valence-electron chi connectivity index (χ0n) is 12.0. The zero-order chi connectivity index (χ0) is 14.0. The van der Waals surface area contributed by atoms with E-state index in [1.807, 2.05) is 0 Å². The van der Waals surface area contributed by atoms with Crippen molar-refractivity contribution in [2.75, 3.05) is 0 Å². The van der Waals surface area contributed by atoms with Crippen molar-refractivity contribution in [1.29, 1.82) is 0 Å². The predicted octanol–water partition coefficient (Wildman–Crippen LogP) is 3.92.